The molecule has 2 N–H and O–H groups in total. The van der Waals surface area contributed by atoms with E-state index in [0.717, 1.165) is 5.39 Å². The molecule has 0 saturated carbocycles. The van der Waals surface area contributed by atoms with E-state index in [1.54, 1.807) is 42.7 Å². The molecule has 1 aromatic carbocycles. The van der Waals surface area contributed by atoms with E-state index >= 15 is 0 Å². The number of ketones is 1. The number of nitrogens with zero attached hydrogens (tertiary/aromatic N) is 2. The third-order valence-corrected chi connectivity index (χ3v) is 3.00. The predicted molar refractivity (Wildman–Crippen MR) is 75.4 cm³/mol. The summed E-state index contributed by atoms with van der Waals surface area (Å²) in [7, 11) is 0. The SMILES string of the molecule is O=NNc1cccc(C(=O)c2c[nH]c3ncccc23)c1. The summed E-state index contributed by atoms with van der Waals surface area (Å²) in [4.78, 5) is 29.8. The van der Waals surface area contributed by atoms with Gasteiger partial charge in [0.05, 0.1) is 11.0 Å². The molecule has 98 valence electrons. The highest BCUT2D eigenvalue weighted by atomic mass is 16.3. The van der Waals surface area contributed by atoms with Crippen LogP contribution in [0.15, 0.2) is 54.1 Å². The number of carbonyl (C=O) groups is 1. The summed E-state index contributed by atoms with van der Waals surface area (Å²) < 4.78 is 0. The molecule has 20 heavy (non-hydrogen) atoms. The van der Waals surface area contributed by atoms with E-state index in [1.165, 1.54) is 0 Å². The van der Waals surface area contributed by atoms with E-state index in [9.17, 15) is 9.70 Å². The second-order valence-electron chi connectivity index (χ2n) is 4.21. The van der Waals surface area contributed by atoms with Crippen LogP contribution >= 0.6 is 0 Å². The molecule has 0 atom stereocenters. The lowest BCUT2D eigenvalue weighted by atomic mass is 10.0. The minimum absolute atomic E-state index is 0.140. The van der Waals surface area contributed by atoms with Crippen LogP contribution in [0.4, 0.5) is 5.69 Å². The average Bonchev–Trinajstić information content (AvgIpc) is 2.91. The van der Waals surface area contributed by atoms with Crippen LogP contribution < -0.4 is 5.43 Å². The van der Waals surface area contributed by atoms with Crippen molar-refractivity contribution < 1.29 is 4.79 Å². The smallest absolute Gasteiger partial charge is 0.195 e. The number of rotatable bonds is 4. The first-order valence-corrected chi connectivity index (χ1v) is 5.95. The molecule has 6 heteroatoms. The fraction of sp³-hybridized carbons (Fsp3) is 0. The molecule has 2 heterocycles. The monoisotopic (exact) mass is 266 g/mol. The molecular formula is C14H10N4O2. The molecule has 0 saturated heterocycles. The van der Waals surface area contributed by atoms with E-state index in [4.69, 9.17) is 0 Å². The van der Waals surface area contributed by atoms with Gasteiger partial charge in [0.1, 0.15) is 5.65 Å². The van der Waals surface area contributed by atoms with Gasteiger partial charge in [-0.05, 0) is 24.3 Å². The van der Waals surface area contributed by atoms with Gasteiger partial charge >= 0.3 is 0 Å². The second kappa shape index (κ2) is 4.93. The molecule has 0 radical (unpaired) electrons. The van der Waals surface area contributed by atoms with Gasteiger partial charge in [-0.1, -0.05) is 12.1 Å². The van der Waals surface area contributed by atoms with Crippen molar-refractivity contribution in [1.29, 1.82) is 0 Å². The number of carbonyl (C=O) groups excluding carboxylic acids is 1. The summed E-state index contributed by atoms with van der Waals surface area (Å²) in [5.41, 5.74) is 4.45. The number of fused-ring (bicyclic) bond motifs is 1. The zero-order valence-corrected chi connectivity index (χ0v) is 10.3. The largest absolute Gasteiger partial charge is 0.345 e. The molecule has 0 aliphatic rings. The highest BCUT2D eigenvalue weighted by Gasteiger charge is 2.14. The Hall–Kier alpha value is -3.02. The lowest BCUT2D eigenvalue weighted by Gasteiger charge is -2.02. The Morgan fingerprint density at radius 1 is 1.25 bits per heavy atom. The number of hydrogen-bond donors (Lipinski definition) is 2. The molecule has 0 aliphatic heterocycles. The molecule has 0 bridgehead atoms. The number of nitroso groups, excluding NO2 is 1. The van der Waals surface area contributed by atoms with E-state index in [2.05, 4.69) is 20.7 Å². The van der Waals surface area contributed by atoms with E-state index < -0.39 is 0 Å². The Balaban J connectivity index is 2.04. The lowest BCUT2D eigenvalue weighted by molar-refractivity contribution is 0.104. The normalized spacial score (nSPS) is 10.4. The van der Waals surface area contributed by atoms with Gasteiger partial charge in [-0.2, -0.15) is 0 Å². The summed E-state index contributed by atoms with van der Waals surface area (Å²) in [6.07, 6.45) is 3.30. The number of nitrogens with one attached hydrogen (secondary N) is 2. The number of aromatic nitrogens is 2. The van der Waals surface area contributed by atoms with Gasteiger partial charge in [-0.3, -0.25) is 4.79 Å². The molecule has 3 aromatic rings. The number of pyridine rings is 1. The summed E-state index contributed by atoms with van der Waals surface area (Å²) >= 11 is 0. The highest BCUT2D eigenvalue weighted by molar-refractivity contribution is 6.16. The third-order valence-electron chi connectivity index (χ3n) is 3.00. The molecule has 2 aromatic heterocycles. The van der Waals surface area contributed by atoms with Crippen molar-refractivity contribution >= 4 is 22.5 Å². The Morgan fingerprint density at radius 3 is 3.00 bits per heavy atom. The van der Waals surface area contributed by atoms with Crippen molar-refractivity contribution in [2.75, 3.05) is 5.43 Å². The predicted octanol–water partition coefficient (Wildman–Crippen LogP) is 2.89. The highest BCUT2D eigenvalue weighted by Crippen LogP contribution is 2.21. The average molecular weight is 266 g/mol. The number of benzene rings is 1. The maximum atomic E-state index is 12.5. The minimum atomic E-state index is -0.140. The van der Waals surface area contributed by atoms with Gasteiger partial charge in [0.25, 0.3) is 0 Å². The van der Waals surface area contributed by atoms with E-state index in [-0.39, 0.29) is 5.78 Å². The first-order valence-electron chi connectivity index (χ1n) is 5.95. The topological polar surface area (TPSA) is 87.2 Å². The summed E-state index contributed by atoms with van der Waals surface area (Å²) in [5.74, 6) is -0.140. The van der Waals surface area contributed by atoms with E-state index in [1.807, 2.05) is 6.07 Å². The Bertz CT molecular complexity index is 794. The van der Waals surface area contributed by atoms with Gasteiger partial charge in [0.2, 0.25) is 0 Å². The Kier molecular flexibility index (Phi) is 2.96. The van der Waals surface area contributed by atoms with Crippen molar-refractivity contribution in [1.82, 2.24) is 9.97 Å². The second-order valence-corrected chi connectivity index (χ2v) is 4.21. The maximum Gasteiger partial charge on any atom is 0.195 e. The van der Waals surface area contributed by atoms with Crippen LogP contribution in [-0.4, -0.2) is 15.8 Å². The van der Waals surface area contributed by atoms with Gasteiger partial charge in [0, 0.05) is 28.9 Å². The first kappa shape index (κ1) is 12.0. The number of anilines is 1. The zero-order valence-electron chi connectivity index (χ0n) is 10.3. The zero-order chi connectivity index (χ0) is 13.9. The van der Waals surface area contributed by atoms with Crippen molar-refractivity contribution in [3.63, 3.8) is 0 Å². The summed E-state index contributed by atoms with van der Waals surface area (Å²) in [6.45, 7) is 0. The standard InChI is InChI=1S/C14H10N4O2/c19-13(9-3-1-4-10(7-9)17-18-20)12-8-16-14-11(12)5-2-6-15-14/h1-8H,(H,15,16)(H,17,20). The van der Waals surface area contributed by atoms with Crippen LogP contribution in [-0.2, 0) is 0 Å². The van der Waals surface area contributed by atoms with Gasteiger partial charge < -0.3 is 4.98 Å². The summed E-state index contributed by atoms with van der Waals surface area (Å²) in [6, 6.07) is 10.2. The third kappa shape index (κ3) is 2.03. The van der Waals surface area contributed by atoms with Crippen molar-refractivity contribution in [2.45, 2.75) is 0 Å². The van der Waals surface area contributed by atoms with Crippen LogP contribution in [0.3, 0.4) is 0 Å². The molecule has 6 nitrogen and oxygen atoms in total. The molecule has 3 rings (SSSR count). The number of aromatic amines is 1. The van der Waals surface area contributed by atoms with Crippen molar-refractivity contribution in [2.24, 2.45) is 5.29 Å². The number of H-pyrrole nitrogens is 1. The molecular weight excluding hydrogens is 256 g/mol. The fourth-order valence-corrected chi connectivity index (χ4v) is 2.08. The van der Waals surface area contributed by atoms with E-state index in [0.29, 0.717) is 22.5 Å². The van der Waals surface area contributed by atoms with Gasteiger partial charge in [0.15, 0.2) is 5.78 Å². The van der Waals surface area contributed by atoms with Crippen LogP contribution in [0.1, 0.15) is 15.9 Å². The Labute approximate surface area is 113 Å². The van der Waals surface area contributed by atoms with Gasteiger partial charge in [-0.15, -0.1) is 4.91 Å². The molecule has 0 aliphatic carbocycles. The molecule has 0 fully saturated rings. The van der Waals surface area contributed by atoms with Gasteiger partial charge in [-0.25, -0.2) is 10.4 Å². The first-order chi connectivity index (χ1) is 9.79. The molecule has 0 unspecified atom stereocenters. The number of hydrogen-bond acceptors (Lipinski definition) is 4. The van der Waals surface area contributed by atoms with Crippen molar-refractivity contribution in [3.8, 4) is 0 Å². The Morgan fingerprint density at radius 2 is 2.15 bits per heavy atom. The lowest BCUT2D eigenvalue weighted by Crippen LogP contribution is -2.01. The van der Waals surface area contributed by atoms with Crippen LogP contribution in [0.5, 0.6) is 0 Å². The maximum absolute atomic E-state index is 12.5. The van der Waals surface area contributed by atoms with Crippen LogP contribution in [0, 0.1) is 4.91 Å². The summed E-state index contributed by atoms with van der Waals surface area (Å²) in [5, 5.41) is 3.36. The van der Waals surface area contributed by atoms with Crippen LogP contribution in [0.25, 0.3) is 11.0 Å². The minimum Gasteiger partial charge on any atom is -0.345 e. The molecule has 0 spiro atoms. The quantitative estimate of drug-likeness (QED) is 0.432. The van der Waals surface area contributed by atoms with Crippen LogP contribution in [0.2, 0.25) is 0 Å². The fourth-order valence-electron chi connectivity index (χ4n) is 2.08. The van der Waals surface area contributed by atoms with Crippen molar-refractivity contribution in [3.05, 3.63) is 64.8 Å². The molecule has 0 amide bonds.